The minimum absolute atomic E-state index is 0.0209. The smallest absolute Gasteiger partial charge is 0.330 e. The molecule has 1 saturated carbocycles. The highest BCUT2D eigenvalue weighted by Crippen LogP contribution is 2.49. The van der Waals surface area contributed by atoms with E-state index in [-0.39, 0.29) is 39.0 Å². The summed E-state index contributed by atoms with van der Waals surface area (Å²) in [5.41, 5.74) is 2.21. The average Bonchev–Trinajstić information content (AvgIpc) is 3.72. The van der Waals surface area contributed by atoms with E-state index in [0.29, 0.717) is 36.9 Å². The number of rotatable bonds is 21. The lowest BCUT2D eigenvalue weighted by Gasteiger charge is -2.44. The van der Waals surface area contributed by atoms with Crippen LogP contribution in [0.1, 0.15) is 92.1 Å². The number of primary amides is 1. The number of benzene rings is 2. The molecule has 0 heterocycles. The molecule has 2 unspecified atom stereocenters. The molecule has 5 amide bonds. The fourth-order valence-corrected chi connectivity index (χ4v) is 6.78. The molecular weight excluding hydrogens is 813 g/mol. The van der Waals surface area contributed by atoms with E-state index >= 15 is 0 Å². The largest absolute Gasteiger partial charge is 0.458 e. The third kappa shape index (κ3) is 12.7. The van der Waals surface area contributed by atoms with Gasteiger partial charge in [-0.3, -0.25) is 19.2 Å². The number of carbonyl (C=O) groups is 6. The van der Waals surface area contributed by atoms with Crippen molar-refractivity contribution >= 4 is 41.4 Å². The maximum absolute atomic E-state index is 14.3. The van der Waals surface area contributed by atoms with Crippen molar-refractivity contribution in [3.05, 3.63) is 71.6 Å². The number of hydrogen-bond donors (Lipinski definition) is 5. The van der Waals surface area contributed by atoms with Crippen LogP contribution >= 0.6 is 0 Å². The van der Waals surface area contributed by atoms with Crippen LogP contribution in [-0.4, -0.2) is 66.5 Å². The van der Waals surface area contributed by atoms with Crippen LogP contribution in [0.4, 0.5) is 32.4 Å². The van der Waals surface area contributed by atoms with Gasteiger partial charge in [0.2, 0.25) is 52.6 Å². The highest BCUT2D eigenvalue weighted by atomic mass is 19.2. The molecule has 0 aromatic heterocycles. The average molecular weight is 868 g/mol. The van der Waals surface area contributed by atoms with E-state index in [1.807, 2.05) is 0 Å². The Morgan fingerprint density at radius 2 is 1.44 bits per heavy atom. The number of esters is 2. The van der Waals surface area contributed by atoms with Crippen molar-refractivity contribution < 1.29 is 64.9 Å². The van der Waals surface area contributed by atoms with Gasteiger partial charge in [0.05, 0.1) is 16.4 Å². The first-order valence-corrected chi connectivity index (χ1v) is 19.7. The molecule has 0 aliphatic heterocycles. The second-order valence-corrected chi connectivity index (χ2v) is 16.3. The van der Waals surface area contributed by atoms with Crippen molar-refractivity contribution in [2.45, 2.75) is 111 Å². The summed E-state index contributed by atoms with van der Waals surface area (Å²) in [5.74, 6) is -17.4. The zero-order valence-electron chi connectivity index (χ0n) is 35.0. The molecule has 2 atom stereocenters. The first kappa shape index (κ1) is 49.8. The van der Waals surface area contributed by atoms with Gasteiger partial charge in [-0.1, -0.05) is 45.4 Å². The Labute approximate surface area is 350 Å². The standard InChI is InChI=1S/C42H54F5N5O9/c1-8-27(53)59-22-24-13-15-25(16-14-24)50-35(54)26(12-11-20-49-39(48)58)51-36(55)33(23(2)3)52-37(56)42(17-9-10-18-42)41(6,7)60-21-19-40(4,5)38(57)61-34-31(46)29(44)28(43)30(45)32(34)47/h8,13-16,23,26,33H,1,9-12,17-22H2,2-7H3,(H,50,54)(H,51,55)(H,52,56)(H3,48,49,58). The lowest BCUT2D eigenvalue weighted by molar-refractivity contribution is -0.162. The Morgan fingerprint density at radius 1 is 0.869 bits per heavy atom. The summed E-state index contributed by atoms with van der Waals surface area (Å²) in [6.45, 7) is 12.6. The van der Waals surface area contributed by atoms with E-state index in [9.17, 15) is 50.7 Å². The van der Waals surface area contributed by atoms with Gasteiger partial charge in [-0.05, 0) is 83.4 Å². The second kappa shape index (κ2) is 21.3. The SMILES string of the molecule is C=CC(=O)OCc1ccc(NC(=O)C(CCCNC(N)=O)NC(=O)C(NC(=O)C2(C(C)(C)OCCC(C)(C)C(=O)Oc3c(F)c(F)c(F)c(F)c3F)CCCC2)C(C)C)cc1. The van der Waals surface area contributed by atoms with Crippen LogP contribution in [0.5, 0.6) is 5.75 Å². The third-order valence-electron chi connectivity index (χ3n) is 10.8. The Kier molecular flexibility index (Phi) is 17.4. The minimum atomic E-state index is -2.40. The van der Waals surface area contributed by atoms with Gasteiger partial charge >= 0.3 is 18.0 Å². The molecule has 14 nitrogen and oxygen atoms in total. The van der Waals surface area contributed by atoms with Crippen molar-refractivity contribution in [3.63, 3.8) is 0 Å². The van der Waals surface area contributed by atoms with Crippen LogP contribution in [-0.2, 0) is 40.1 Å². The Hall–Kier alpha value is -5.59. The fourth-order valence-electron chi connectivity index (χ4n) is 6.78. The van der Waals surface area contributed by atoms with Crippen molar-refractivity contribution in [3.8, 4) is 5.75 Å². The number of hydrogen-bond acceptors (Lipinski definition) is 9. The highest BCUT2D eigenvalue weighted by molar-refractivity contribution is 5.99. The van der Waals surface area contributed by atoms with Gasteiger partial charge in [-0.15, -0.1) is 0 Å². The van der Waals surface area contributed by atoms with Crippen LogP contribution in [0.15, 0.2) is 36.9 Å². The molecule has 336 valence electrons. The van der Waals surface area contributed by atoms with E-state index in [4.69, 9.17) is 15.2 Å². The number of halogens is 5. The number of urea groups is 1. The monoisotopic (exact) mass is 867 g/mol. The van der Waals surface area contributed by atoms with Crippen molar-refractivity contribution in [1.82, 2.24) is 16.0 Å². The van der Waals surface area contributed by atoms with E-state index in [2.05, 4.69) is 32.6 Å². The molecule has 1 aliphatic rings. The van der Waals surface area contributed by atoms with Gasteiger partial charge in [-0.2, -0.15) is 8.78 Å². The molecule has 61 heavy (non-hydrogen) atoms. The second-order valence-electron chi connectivity index (χ2n) is 16.3. The summed E-state index contributed by atoms with van der Waals surface area (Å²) in [5, 5.41) is 10.8. The number of ether oxygens (including phenoxy) is 3. The van der Waals surface area contributed by atoms with Gasteiger partial charge in [-0.25, -0.2) is 22.8 Å². The molecular formula is C42H54F5N5O9. The molecule has 0 spiro atoms. The summed E-state index contributed by atoms with van der Waals surface area (Å²) >= 11 is 0. The molecule has 1 fully saturated rings. The fraction of sp³-hybridized carbons (Fsp3) is 0.524. The highest BCUT2D eigenvalue weighted by Gasteiger charge is 2.54. The van der Waals surface area contributed by atoms with Crippen LogP contribution in [0.2, 0.25) is 0 Å². The summed E-state index contributed by atoms with van der Waals surface area (Å²) in [7, 11) is 0. The van der Waals surface area contributed by atoms with E-state index in [1.54, 1.807) is 52.0 Å². The number of nitrogens with two attached hydrogens (primary N) is 1. The normalized spacial score (nSPS) is 14.7. The molecule has 0 radical (unpaired) electrons. The van der Waals surface area contributed by atoms with E-state index in [0.717, 1.165) is 6.08 Å². The molecule has 2 aromatic carbocycles. The van der Waals surface area contributed by atoms with Crippen molar-refractivity contribution in [2.75, 3.05) is 18.5 Å². The summed E-state index contributed by atoms with van der Waals surface area (Å²) in [6.07, 6.45) is 3.18. The first-order chi connectivity index (χ1) is 28.5. The lowest BCUT2D eigenvalue weighted by Crippen LogP contribution is -2.60. The summed E-state index contributed by atoms with van der Waals surface area (Å²) in [4.78, 5) is 77.4. The molecule has 19 heteroatoms. The minimum Gasteiger partial charge on any atom is -0.458 e. The topological polar surface area (TPSA) is 204 Å². The number of nitrogens with one attached hydrogen (secondary N) is 4. The first-order valence-electron chi connectivity index (χ1n) is 19.7. The van der Waals surface area contributed by atoms with Gasteiger partial charge in [0.1, 0.15) is 18.7 Å². The number of anilines is 1. The molecule has 3 rings (SSSR count). The van der Waals surface area contributed by atoms with Gasteiger partial charge in [0.15, 0.2) is 0 Å². The number of amides is 5. The molecule has 2 aromatic rings. The van der Waals surface area contributed by atoms with Gasteiger partial charge in [0, 0.05) is 24.9 Å². The quantitative estimate of drug-likeness (QED) is 0.0190. The molecule has 6 N–H and O–H groups in total. The summed E-state index contributed by atoms with van der Waals surface area (Å²) in [6, 6.07) is 3.40. The Morgan fingerprint density at radius 3 is 1.98 bits per heavy atom. The zero-order chi connectivity index (χ0) is 45.9. The van der Waals surface area contributed by atoms with E-state index < -0.39 is 105 Å². The zero-order valence-corrected chi connectivity index (χ0v) is 35.0. The van der Waals surface area contributed by atoms with Crippen LogP contribution in [0, 0.1) is 45.8 Å². The van der Waals surface area contributed by atoms with Crippen molar-refractivity contribution in [1.29, 1.82) is 0 Å². The Bertz CT molecular complexity index is 1920. The van der Waals surface area contributed by atoms with Crippen LogP contribution < -0.4 is 31.7 Å². The molecule has 0 bridgehead atoms. The van der Waals surface area contributed by atoms with Crippen LogP contribution in [0.25, 0.3) is 0 Å². The van der Waals surface area contributed by atoms with Gasteiger partial charge < -0.3 is 41.2 Å². The lowest BCUT2D eigenvalue weighted by atomic mass is 9.71. The predicted octanol–water partition coefficient (Wildman–Crippen LogP) is 6.00. The Balaban J connectivity index is 1.74. The maximum atomic E-state index is 14.3. The van der Waals surface area contributed by atoms with E-state index in [1.165, 1.54) is 13.8 Å². The summed E-state index contributed by atoms with van der Waals surface area (Å²) < 4.78 is 85.3. The van der Waals surface area contributed by atoms with Crippen molar-refractivity contribution in [2.24, 2.45) is 22.5 Å². The maximum Gasteiger partial charge on any atom is 0.330 e. The third-order valence-corrected chi connectivity index (χ3v) is 10.8. The molecule has 0 saturated heterocycles. The number of carbonyl (C=O) groups excluding carboxylic acids is 6. The van der Waals surface area contributed by atoms with Gasteiger partial charge in [0.25, 0.3) is 0 Å². The predicted molar refractivity (Wildman–Crippen MR) is 212 cm³/mol. The molecule has 1 aliphatic carbocycles. The van der Waals surface area contributed by atoms with Crippen LogP contribution in [0.3, 0.4) is 0 Å².